The molecule has 1 spiro atoms. The summed E-state index contributed by atoms with van der Waals surface area (Å²) in [4.78, 5) is 39.4. The second-order valence-electron chi connectivity index (χ2n) is 6.03. The van der Waals surface area contributed by atoms with Crippen LogP contribution in [0.4, 0.5) is 4.79 Å². The highest BCUT2D eigenvalue weighted by molar-refractivity contribution is 5.87. The number of carboxylic acid groups (broad SMARTS) is 1. The quantitative estimate of drug-likeness (QED) is 0.550. The Bertz CT molecular complexity index is 541. The average molecular weight is 325 g/mol. The van der Waals surface area contributed by atoms with Crippen molar-refractivity contribution < 1.29 is 29.0 Å². The van der Waals surface area contributed by atoms with Crippen LogP contribution in [0.1, 0.15) is 25.7 Å². The first kappa shape index (κ1) is 15.9. The van der Waals surface area contributed by atoms with E-state index in [2.05, 4.69) is 10.3 Å². The van der Waals surface area contributed by atoms with Crippen LogP contribution in [-0.2, 0) is 19.1 Å². The van der Waals surface area contributed by atoms with Gasteiger partial charge in [-0.25, -0.2) is 14.6 Å². The van der Waals surface area contributed by atoms with E-state index in [0.717, 1.165) is 0 Å². The lowest BCUT2D eigenvalue weighted by atomic mass is 9.85. The molecule has 0 aromatic carbocycles. The third-order valence-corrected chi connectivity index (χ3v) is 4.76. The molecule has 126 valence electrons. The molecule has 2 heterocycles. The van der Waals surface area contributed by atoms with Crippen LogP contribution in [0.25, 0.3) is 0 Å². The van der Waals surface area contributed by atoms with Gasteiger partial charge in [0.25, 0.3) is 0 Å². The van der Waals surface area contributed by atoms with Crippen LogP contribution in [0.2, 0.25) is 0 Å². The maximum Gasteiger partial charge on any atom is 0.405 e. The van der Waals surface area contributed by atoms with Gasteiger partial charge in [-0.05, 0) is 12.8 Å². The number of hydrogen-bond acceptors (Lipinski definition) is 6. The molecule has 0 aromatic heterocycles. The number of carbonyl (C=O) groups is 2. The summed E-state index contributed by atoms with van der Waals surface area (Å²) < 4.78 is 11.3. The molecule has 23 heavy (non-hydrogen) atoms. The van der Waals surface area contributed by atoms with Gasteiger partial charge in [-0.3, -0.25) is 4.79 Å². The molecule has 3 rings (SSSR count). The Hall–Kier alpha value is -1.96. The average Bonchev–Trinajstić information content (AvgIpc) is 3.09. The zero-order valence-corrected chi connectivity index (χ0v) is 12.6. The van der Waals surface area contributed by atoms with Crippen molar-refractivity contribution in [2.75, 3.05) is 19.8 Å². The van der Waals surface area contributed by atoms with Gasteiger partial charge < -0.3 is 24.8 Å². The van der Waals surface area contributed by atoms with Gasteiger partial charge in [0.15, 0.2) is 5.79 Å². The molecule has 1 saturated carbocycles. The molecule has 0 radical (unpaired) electrons. The molecular weight excluding hydrogens is 306 g/mol. The Kier molecular flexibility index (Phi) is 4.34. The number of likely N-dealkylation sites (tertiary alicyclic amines) is 1. The number of aliphatic imine (C=N–C) groups is 1. The number of isocyanates is 1. The smallest absolute Gasteiger partial charge is 0.405 e. The molecule has 3 fully saturated rings. The van der Waals surface area contributed by atoms with E-state index >= 15 is 0 Å². The van der Waals surface area contributed by atoms with E-state index in [1.807, 2.05) is 0 Å². The van der Waals surface area contributed by atoms with E-state index in [9.17, 15) is 14.4 Å². The lowest BCUT2D eigenvalue weighted by Crippen LogP contribution is -2.53. The fraction of sp³-hybridized carbons (Fsp3) is 0.786. The minimum atomic E-state index is -1.22. The number of hydrogen-bond donors (Lipinski definition) is 2. The number of carbonyl (C=O) groups excluding carboxylic acids is 2. The van der Waals surface area contributed by atoms with Crippen molar-refractivity contribution >= 4 is 18.1 Å². The van der Waals surface area contributed by atoms with Gasteiger partial charge in [-0.1, -0.05) is 0 Å². The number of nitrogens with zero attached hydrogens (tertiary/aromatic N) is 2. The normalized spacial score (nSPS) is 32.8. The van der Waals surface area contributed by atoms with Gasteiger partial charge in [0, 0.05) is 19.4 Å². The summed E-state index contributed by atoms with van der Waals surface area (Å²) in [6.45, 7) is 1.46. The van der Waals surface area contributed by atoms with Gasteiger partial charge in [-0.2, -0.15) is 0 Å². The third kappa shape index (κ3) is 3.08. The largest absolute Gasteiger partial charge is 0.465 e. The highest BCUT2D eigenvalue weighted by Gasteiger charge is 2.49. The van der Waals surface area contributed by atoms with Crippen molar-refractivity contribution in [3.8, 4) is 0 Å². The third-order valence-electron chi connectivity index (χ3n) is 4.76. The van der Waals surface area contributed by atoms with Crippen molar-refractivity contribution in [1.82, 2.24) is 10.2 Å². The number of rotatable bonds is 3. The molecule has 0 aromatic rings. The number of ether oxygens (including phenoxy) is 2. The van der Waals surface area contributed by atoms with Gasteiger partial charge in [0.05, 0.1) is 25.3 Å². The van der Waals surface area contributed by atoms with Crippen LogP contribution in [0.3, 0.4) is 0 Å². The van der Waals surface area contributed by atoms with Crippen LogP contribution in [0, 0.1) is 0 Å². The molecule has 1 aliphatic carbocycles. The minimum Gasteiger partial charge on any atom is -0.465 e. The summed E-state index contributed by atoms with van der Waals surface area (Å²) >= 11 is 0. The highest BCUT2D eigenvalue weighted by Crippen LogP contribution is 2.39. The lowest BCUT2D eigenvalue weighted by Gasteiger charge is -2.42. The molecule has 3 atom stereocenters. The van der Waals surface area contributed by atoms with Crippen molar-refractivity contribution in [3.05, 3.63) is 0 Å². The standard InChI is InChI=1S/C14H19N3O6/c18-8-15-10-7-14(22-5-6-23-14)3-1-11(10)17-4-2-9(12(17)19)16-13(20)21/h9-11,16H,1-7H2,(H,20,21)/t9-,10-,11-/m0/s1. The summed E-state index contributed by atoms with van der Waals surface area (Å²) in [5.74, 6) is -0.990. The second kappa shape index (κ2) is 6.27. The zero-order chi connectivity index (χ0) is 16.4. The molecule has 0 unspecified atom stereocenters. The van der Waals surface area contributed by atoms with E-state index in [1.165, 1.54) is 0 Å². The van der Waals surface area contributed by atoms with Crippen molar-refractivity contribution in [2.24, 2.45) is 4.99 Å². The highest BCUT2D eigenvalue weighted by atomic mass is 16.7. The van der Waals surface area contributed by atoms with Crippen molar-refractivity contribution in [3.63, 3.8) is 0 Å². The Balaban J connectivity index is 1.72. The maximum absolute atomic E-state index is 12.4. The fourth-order valence-corrected chi connectivity index (χ4v) is 3.75. The van der Waals surface area contributed by atoms with Gasteiger partial charge in [0.1, 0.15) is 6.04 Å². The summed E-state index contributed by atoms with van der Waals surface area (Å²) in [6.07, 6.45) is 2.36. The molecule has 9 heteroatoms. The molecular formula is C14H19N3O6. The first-order valence-corrected chi connectivity index (χ1v) is 7.69. The van der Waals surface area contributed by atoms with Crippen molar-refractivity contribution in [1.29, 1.82) is 0 Å². The van der Waals surface area contributed by atoms with Crippen LogP contribution in [0.5, 0.6) is 0 Å². The topological polar surface area (TPSA) is 118 Å². The van der Waals surface area contributed by atoms with Gasteiger partial charge >= 0.3 is 6.09 Å². The fourth-order valence-electron chi connectivity index (χ4n) is 3.75. The summed E-state index contributed by atoms with van der Waals surface area (Å²) in [7, 11) is 0. The van der Waals surface area contributed by atoms with E-state index in [1.54, 1.807) is 11.0 Å². The Morgan fingerprint density at radius 2 is 2.13 bits per heavy atom. The van der Waals surface area contributed by atoms with E-state index in [-0.39, 0.29) is 11.9 Å². The lowest BCUT2D eigenvalue weighted by molar-refractivity contribution is -0.188. The van der Waals surface area contributed by atoms with Crippen molar-refractivity contribution in [2.45, 2.75) is 49.6 Å². The molecule has 0 bridgehead atoms. The molecule has 2 N–H and O–H groups in total. The van der Waals surface area contributed by atoms with Crippen LogP contribution in [0.15, 0.2) is 4.99 Å². The molecule has 2 amide bonds. The summed E-state index contributed by atoms with van der Waals surface area (Å²) in [6, 6.07) is -1.45. The molecule has 2 aliphatic heterocycles. The van der Waals surface area contributed by atoms with E-state index in [0.29, 0.717) is 45.4 Å². The van der Waals surface area contributed by atoms with Crippen LogP contribution >= 0.6 is 0 Å². The maximum atomic E-state index is 12.4. The minimum absolute atomic E-state index is 0.261. The van der Waals surface area contributed by atoms with E-state index in [4.69, 9.17) is 14.6 Å². The molecule has 3 aliphatic rings. The second-order valence-corrected chi connectivity index (χ2v) is 6.03. The SMILES string of the molecule is O=C=N[C@H]1CC2(CC[C@@H]1N1CC[C@H](NC(=O)O)C1=O)OCCO2. The predicted octanol–water partition coefficient (Wildman–Crippen LogP) is -0.145. The van der Waals surface area contributed by atoms with Gasteiger partial charge in [-0.15, -0.1) is 0 Å². The summed E-state index contributed by atoms with van der Waals surface area (Å²) in [5.41, 5.74) is 0. The monoisotopic (exact) mass is 325 g/mol. The molecule has 2 saturated heterocycles. The Morgan fingerprint density at radius 1 is 1.39 bits per heavy atom. The van der Waals surface area contributed by atoms with Gasteiger partial charge in [0.2, 0.25) is 12.0 Å². The Morgan fingerprint density at radius 3 is 2.78 bits per heavy atom. The zero-order valence-electron chi connectivity index (χ0n) is 12.6. The number of nitrogens with one attached hydrogen (secondary N) is 1. The van der Waals surface area contributed by atoms with Crippen LogP contribution in [-0.4, -0.2) is 71.8 Å². The number of amides is 2. The Labute approximate surface area is 132 Å². The van der Waals surface area contributed by atoms with Crippen LogP contribution < -0.4 is 5.32 Å². The summed E-state index contributed by atoms with van der Waals surface area (Å²) in [5, 5.41) is 11.0. The predicted molar refractivity (Wildman–Crippen MR) is 75.5 cm³/mol. The first-order chi connectivity index (χ1) is 11.0. The first-order valence-electron chi connectivity index (χ1n) is 7.69. The molecule has 9 nitrogen and oxygen atoms in total. The van der Waals surface area contributed by atoms with E-state index < -0.39 is 24.0 Å².